The van der Waals surface area contributed by atoms with E-state index in [2.05, 4.69) is 72.8 Å². The van der Waals surface area contributed by atoms with Gasteiger partial charge in [0.1, 0.15) is 19.3 Å². The Kier molecular flexibility index (Phi) is 67.2. The lowest BCUT2D eigenvalue weighted by molar-refractivity contribution is -0.161. The van der Waals surface area contributed by atoms with E-state index in [1.165, 1.54) is 173 Å². The fourth-order valence-electron chi connectivity index (χ4n) is 11.5. The zero-order valence-electron chi connectivity index (χ0n) is 63.7. The molecule has 19 heteroatoms. The highest BCUT2D eigenvalue weighted by Crippen LogP contribution is 2.45. The first-order chi connectivity index (χ1) is 47.3. The average molecular weight is 1430 g/mol. The SMILES string of the molecule is CCCCCC/C=C\C=C/CCCCCCCC(=O)O[C@H](COC(=O)CCCCCCCCC(C)CC)COP(=O)(O)OC[C@H](O)COP(=O)(O)OC[C@@H](COC(=O)CCCCCCCCCCCCCCC(C)C)OC(=O)CCCCCCCCCCCCCCCCC(C)CC. The fraction of sp³-hybridized carbons (Fsp3) is 0.899. The Hall–Kier alpha value is -2.46. The Morgan fingerprint density at radius 3 is 0.908 bits per heavy atom. The average Bonchev–Trinajstić information content (AvgIpc) is 1.01. The van der Waals surface area contributed by atoms with Crippen molar-refractivity contribution in [3.05, 3.63) is 24.3 Å². The molecular weight excluding hydrogens is 1280 g/mol. The molecule has 0 aromatic heterocycles. The van der Waals surface area contributed by atoms with Gasteiger partial charge in [0.15, 0.2) is 12.2 Å². The topological polar surface area (TPSA) is 237 Å². The van der Waals surface area contributed by atoms with Crippen molar-refractivity contribution in [2.24, 2.45) is 17.8 Å². The van der Waals surface area contributed by atoms with Gasteiger partial charge in [0, 0.05) is 25.7 Å². The Balaban J connectivity index is 5.29. The molecule has 0 aromatic rings. The first-order valence-electron chi connectivity index (χ1n) is 40.2. The van der Waals surface area contributed by atoms with Gasteiger partial charge in [-0.25, -0.2) is 9.13 Å². The third-order valence-corrected chi connectivity index (χ3v) is 20.4. The molecule has 0 aliphatic heterocycles. The van der Waals surface area contributed by atoms with E-state index in [1.54, 1.807) is 0 Å². The number of allylic oxidation sites excluding steroid dienone is 4. The van der Waals surface area contributed by atoms with Gasteiger partial charge in [0.2, 0.25) is 0 Å². The molecule has 4 unspecified atom stereocenters. The Morgan fingerprint density at radius 2 is 0.602 bits per heavy atom. The van der Waals surface area contributed by atoms with Crippen LogP contribution >= 0.6 is 15.6 Å². The van der Waals surface area contributed by atoms with Crippen LogP contribution in [0.4, 0.5) is 0 Å². The molecule has 7 atom stereocenters. The van der Waals surface area contributed by atoms with Crippen molar-refractivity contribution in [3.8, 4) is 0 Å². The molecule has 0 bridgehead atoms. The molecule has 0 fully saturated rings. The van der Waals surface area contributed by atoms with Crippen LogP contribution in [-0.4, -0.2) is 96.7 Å². The van der Waals surface area contributed by atoms with E-state index in [4.69, 9.17) is 37.0 Å². The van der Waals surface area contributed by atoms with Crippen molar-refractivity contribution in [3.63, 3.8) is 0 Å². The minimum absolute atomic E-state index is 0.0840. The first-order valence-corrected chi connectivity index (χ1v) is 43.2. The maximum atomic E-state index is 13.1. The van der Waals surface area contributed by atoms with E-state index >= 15 is 0 Å². The molecule has 578 valence electrons. The van der Waals surface area contributed by atoms with Crippen LogP contribution in [0.1, 0.15) is 382 Å². The van der Waals surface area contributed by atoms with Gasteiger partial charge in [-0.05, 0) is 69.1 Å². The summed E-state index contributed by atoms with van der Waals surface area (Å²) in [4.78, 5) is 72.9. The number of aliphatic hydroxyl groups is 1. The van der Waals surface area contributed by atoms with Gasteiger partial charge in [-0.2, -0.15) is 0 Å². The molecule has 0 aromatic carbocycles. The molecule has 0 saturated heterocycles. The van der Waals surface area contributed by atoms with E-state index in [-0.39, 0.29) is 25.7 Å². The summed E-state index contributed by atoms with van der Waals surface area (Å²) in [6.45, 7) is 11.9. The lowest BCUT2D eigenvalue weighted by Crippen LogP contribution is -2.30. The van der Waals surface area contributed by atoms with Gasteiger partial charge < -0.3 is 33.8 Å². The summed E-state index contributed by atoms with van der Waals surface area (Å²) in [5, 5.41) is 10.6. The van der Waals surface area contributed by atoms with Crippen molar-refractivity contribution in [2.75, 3.05) is 39.6 Å². The number of hydrogen-bond donors (Lipinski definition) is 3. The molecular formula is C79H150O17P2. The quantitative estimate of drug-likeness (QED) is 0.0169. The molecule has 0 rings (SSSR count). The van der Waals surface area contributed by atoms with Crippen LogP contribution in [0.5, 0.6) is 0 Å². The first kappa shape index (κ1) is 95.5. The number of esters is 4. The third-order valence-electron chi connectivity index (χ3n) is 18.5. The Labute approximate surface area is 599 Å². The zero-order chi connectivity index (χ0) is 72.3. The molecule has 0 radical (unpaired) electrons. The predicted octanol–water partition coefficient (Wildman–Crippen LogP) is 22.9. The monoisotopic (exact) mass is 1430 g/mol. The lowest BCUT2D eigenvalue weighted by Gasteiger charge is -2.21. The summed E-state index contributed by atoms with van der Waals surface area (Å²) < 4.78 is 68.6. The molecule has 17 nitrogen and oxygen atoms in total. The number of carbonyl (C=O) groups excluding carboxylic acids is 4. The van der Waals surface area contributed by atoms with E-state index in [1.807, 2.05) is 0 Å². The maximum absolute atomic E-state index is 13.1. The van der Waals surface area contributed by atoms with Gasteiger partial charge in [-0.15, -0.1) is 0 Å². The number of hydrogen-bond acceptors (Lipinski definition) is 15. The van der Waals surface area contributed by atoms with E-state index in [0.29, 0.717) is 25.7 Å². The van der Waals surface area contributed by atoms with Crippen LogP contribution in [0.25, 0.3) is 0 Å². The number of unbranched alkanes of at least 4 members (excludes halogenated alkanes) is 38. The highest BCUT2D eigenvalue weighted by atomic mass is 31.2. The van der Waals surface area contributed by atoms with Gasteiger partial charge in [0.25, 0.3) is 0 Å². The van der Waals surface area contributed by atoms with Gasteiger partial charge >= 0.3 is 39.5 Å². The van der Waals surface area contributed by atoms with Crippen molar-refractivity contribution in [1.29, 1.82) is 0 Å². The largest absolute Gasteiger partial charge is 0.472 e. The van der Waals surface area contributed by atoms with E-state index in [0.717, 1.165) is 127 Å². The fourth-order valence-corrected chi connectivity index (χ4v) is 13.1. The molecule has 3 N–H and O–H groups in total. The number of phosphoric acid groups is 2. The summed E-state index contributed by atoms with van der Waals surface area (Å²) >= 11 is 0. The lowest BCUT2D eigenvalue weighted by atomic mass is 9.99. The van der Waals surface area contributed by atoms with Crippen LogP contribution in [0.3, 0.4) is 0 Å². The maximum Gasteiger partial charge on any atom is 0.472 e. The predicted molar refractivity (Wildman–Crippen MR) is 400 cm³/mol. The standard InChI is InChI=1S/C79H150O17P2/c1-8-11-12-13-14-15-16-17-18-22-29-34-39-48-55-63-79(84)96-75(67-90-77(82)61-54-47-42-41-45-52-59-72(7)10-3)69-94-98(87,88)92-65-73(80)64-91-97(85,86)93-68-74(66-89-76(81)60-53-46-38-33-28-25-24-26-31-36-43-50-57-70(4)5)95-78(83)62-56-49-40-35-30-23-20-19-21-27-32-37-44-51-58-71(6)9-2/h15-18,70-75,80H,8-14,19-69H2,1-7H3,(H,85,86)(H,87,88)/b16-15-,18-17-/t71?,72?,73-,74-,75-/m1/s1. The minimum Gasteiger partial charge on any atom is -0.462 e. The molecule has 0 spiro atoms. The molecule has 0 aliphatic rings. The molecule has 98 heavy (non-hydrogen) atoms. The molecule has 0 saturated carbocycles. The van der Waals surface area contributed by atoms with Crippen LogP contribution in [0, 0.1) is 17.8 Å². The van der Waals surface area contributed by atoms with Gasteiger partial charge in [-0.3, -0.25) is 37.3 Å². The zero-order valence-corrected chi connectivity index (χ0v) is 65.5. The minimum atomic E-state index is -4.97. The highest BCUT2D eigenvalue weighted by molar-refractivity contribution is 7.47. The Bertz CT molecular complexity index is 2000. The summed E-state index contributed by atoms with van der Waals surface area (Å²) in [5.74, 6) is 0.207. The summed E-state index contributed by atoms with van der Waals surface area (Å²) in [7, 11) is -9.93. The second-order valence-electron chi connectivity index (χ2n) is 28.7. The Morgan fingerprint density at radius 1 is 0.337 bits per heavy atom. The van der Waals surface area contributed by atoms with E-state index in [9.17, 15) is 43.2 Å². The summed E-state index contributed by atoms with van der Waals surface area (Å²) in [5.41, 5.74) is 0. The van der Waals surface area contributed by atoms with Crippen molar-refractivity contribution < 1.29 is 80.2 Å². The smallest absolute Gasteiger partial charge is 0.462 e. The highest BCUT2D eigenvalue weighted by Gasteiger charge is 2.30. The number of aliphatic hydroxyl groups excluding tert-OH is 1. The molecule has 0 amide bonds. The second kappa shape index (κ2) is 68.9. The van der Waals surface area contributed by atoms with Crippen LogP contribution in [0.2, 0.25) is 0 Å². The van der Waals surface area contributed by atoms with Gasteiger partial charge in [-0.1, -0.05) is 330 Å². The van der Waals surface area contributed by atoms with Crippen LogP contribution < -0.4 is 0 Å². The normalized spacial score (nSPS) is 14.7. The number of carbonyl (C=O) groups is 4. The summed E-state index contributed by atoms with van der Waals surface area (Å²) in [6.07, 6.45) is 59.0. The number of rotatable bonds is 75. The summed E-state index contributed by atoms with van der Waals surface area (Å²) in [6, 6.07) is 0. The second-order valence-corrected chi connectivity index (χ2v) is 31.6. The van der Waals surface area contributed by atoms with Gasteiger partial charge in [0.05, 0.1) is 26.4 Å². The van der Waals surface area contributed by atoms with E-state index < -0.39 is 97.5 Å². The number of phosphoric ester groups is 2. The van der Waals surface area contributed by atoms with Crippen LogP contribution in [0.15, 0.2) is 24.3 Å². The van der Waals surface area contributed by atoms with Crippen molar-refractivity contribution >= 4 is 39.5 Å². The van der Waals surface area contributed by atoms with Crippen LogP contribution in [-0.2, 0) is 65.4 Å². The number of ether oxygens (including phenoxy) is 4. The van der Waals surface area contributed by atoms with Crippen molar-refractivity contribution in [2.45, 2.75) is 401 Å². The molecule has 0 heterocycles. The third kappa shape index (κ3) is 69.3. The molecule has 0 aliphatic carbocycles. The van der Waals surface area contributed by atoms with Crippen molar-refractivity contribution in [1.82, 2.24) is 0 Å².